The van der Waals surface area contributed by atoms with Crippen molar-refractivity contribution in [2.24, 2.45) is 5.92 Å². The molecule has 1 aromatic heterocycles. The van der Waals surface area contributed by atoms with Crippen LogP contribution in [0.15, 0.2) is 42.7 Å². The van der Waals surface area contributed by atoms with Gasteiger partial charge in [-0.2, -0.15) is 0 Å². The van der Waals surface area contributed by atoms with E-state index in [4.69, 9.17) is 0 Å². The Kier molecular flexibility index (Phi) is 5.41. The van der Waals surface area contributed by atoms with E-state index in [1.54, 1.807) is 18.5 Å². The smallest absolute Gasteiger partial charge is 0.253 e. The average Bonchev–Trinajstić information content (AvgIpc) is 2.63. The van der Waals surface area contributed by atoms with E-state index in [1.807, 2.05) is 36.2 Å². The van der Waals surface area contributed by atoms with Gasteiger partial charge in [0.05, 0.1) is 0 Å². The Balaban J connectivity index is 1.65. The maximum atomic E-state index is 12.7. The van der Waals surface area contributed by atoms with Crippen molar-refractivity contribution in [3.63, 3.8) is 0 Å². The van der Waals surface area contributed by atoms with Gasteiger partial charge >= 0.3 is 0 Å². The monoisotopic (exact) mass is 324 g/mol. The summed E-state index contributed by atoms with van der Waals surface area (Å²) in [4.78, 5) is 22.8. The SMILES string of the molecule is CN(CC1CCCCC1)C(=O)c1cccc(Nc2ncccn2)c1. The van der Waals surface area contributed by atoms with E-state index < -0.39 is 0 Å². The Morgan fingerprint density at radius 2 is 1.92 bits per heavy atom. The molecule has 1 heterocycles. The number of anilines is 2. The maximum Gasteiger partial charge on any atom is 0.253 e. The molecule has 1 N–H and O–H groups in total. The number of rotatable bonds is 5. The van der Waals surface area contributed by atoms with Crippen LogP contribution in [0.1, 0.15) is 42.5 Å². The zero-order valence-corrected chi connectivity index (χ0v) is 14.1. The lowest BCUT2D eigenvalue weighted by molar-refractivity contribution is 0.0760. The molecule has 0 atom stereocenters. The molecule has 1 fully saturated rings. The van der Waals surface area contributed by atoms with Gasteiger partial charge in [0.25, 0.3) is 5.91 Å². The Hall–Kier alpha value is -2.43. The zero-order valence-electron chi connectivity index (χ0n) is 14.1. The van der Waals surface area contributed by atoms with Crippen LogP contribution in [0, 0.1) is 5.92 Å². The molecule has 2 aromatic rings. The summed E-state index contributed by atoms with van der Waals surface area (Å²) < 4.78 is 0. The summed E-state index contributed by atoms with van der Waals surface area (Å²) in [6, 6.07) is 9.28. The van der Waals surface area contributed by atoms with Crippen LogP contribution < -0.4 is 5.32 Å². The summed E-state index contributed by atoms with van der Waals surface area (Å²) in [5.41, 5.74) is 1.51. The molecule has 0 unspecified atom stereocenters. The summed E-state index contributed by atoms with van der Waals surface area (Å²) in [6.07, 6.45) is 9.77. The fourth-order valence-electron chi connectivity index (χ4n) is 3.28. The quantitative estimate of drug-likeness (QED) is 0.907. The molecule has 126 valence electrons. The third-order valence-corrected chi connectivity index (χ3v) is 4.53. The lowest BCUT2D eigenvalue weighted by atomic mass is 9.89. The maximum absolute atomic E-state index is 12.7. The van der Waals surface area contributed by atoms with Crippen molar-refractivity contribution in [3.8, 4) is 0 Å². The van der Waals surface area contributed by atoms with Crippen LogP contribution >= 0.6 is 0 Å². The Labute approximate surface area is 143 Å². The highest BCUT2D eigenvalue weighted by Crippen LogP contribution is 2.24. The van der Waals surface area contributed by atoms with Crippen LogP contribution in [0.4, 0.5) is 11.6 Å². The standard InChI is InChI=1S/C19H24N4O/c1-23(14-15-7-3-2-4-8-15)18(24)16-9-5-10-17(13-16)22-19-20-11-6-12-21-19/h5-6,9-13,15H,2-4,7-8,14H2,1H3,(H,20,21,22). The van der Waals surface area contributed by atoms with E-state index >= 15 is 0 Å². The predicted molar refractivity (Wildman–Crippen MR) is 95.3 cm³/mol. The molecule has 1 saturated carbocycles. The largest absolute Gasteiger partial charge is 0.341 e. The molecule has 0 radical (unpaired) electrons. The zero-order chi connectivity index (χ0) is 16.8. The normalized spacial score (nSPS) is 15.0. The van der Waals surface area contributed by atoms with Crippen molar-refractivity contribution in [1.29, 1.82) is 0 Å². The summed E-state index contributed by atoms with van der Waals surface area (Å²) in [7, 11) is 1.90. The number of carbonyl (C=O) groups is 1. The highest BCUT2D eigenvalue weighted by molar-refractivity contribution is 5.95. The van der Waals surface area contributed by atoms with Gasteiger partial charge in [0, 0.05) is 37.2 Å². The van der Waals surface area contributed by atoms with Gasteiger partial charge in [-0.3, -0.25) is 4.79 Å². The van der Waals surface area contributed by atoms with Gasteiger partial charge in [-0.25, -0.2) is 9.97 Å². The van der Waals surface area contributed by atoms with E-state index in [9.17, 15) is 4.79 Å². The van der Waals surface area contributed by atoms with E-state index in [1.165, 1.54) is 32.1 Å². The van der Waals surface area contributed by atoms with Gasteiger partial charge in [0.2, 0.25) is 5.95 Å². The number of amides is 1. The predicted octanol–water partition coefficient (Wildman–Crippen LogP) is 3.87. The minimum Gasteiger partial charge on any atom is -0.341 e. The van der Waals surface area contributed by atoms with Crippen molar-refractivity contribution in [2.45, 2.75) is 32.1 Å². The van der Waals surface area contributed by atoms with E-state index in [0.29, 0.717) is 17.4 Å². The minimum atomic E-state index is 0.0678. The molecular formula is C19H24N4O. The second kappa shape index (κ2) is 7.90. The van der Waals surface area contributed by atoms with Crippen LogP contribution in [-0.4, -0.2) is 34.4 Å². The van der Waals surface area contributed by atoms with Crippen LogP contribution in [0.5, 0.6) is 0 Å². The molecule has 3 rings (SSSR count). The molecule has 1 aliphatic rings. The number of nitrogens with zero attached hydrogens (tertiary/aromatic N) is 3. The molecule has 24 heavy (non-hydrogen) atoms. The Morgan fingerprint density at radius 1 is 1.17 bits per heavy atom. The number of benzene rings is 1. The summed E-state index contributed by atoms with van der Waals surface area (Å²) in [5, 5.41) is 3.13. The number of hydrogen-bond acceptors (Lipinski definition) is 4. The number of carbonyl (C=O) groups excluding carboxylic acids is 1. The molecule has 5 nitrogen and oxygen atoms in total. The average molecular weight is 324 g/mol. The molecule has 1 aromatic carbocycles. The molecule has 0 aliphatic heterocycles. The van der Waals surface area contributed by atoms with Gasteiger partial charge in [-0.15, -0.1) is 0 Å². The van der Waals surface area contributed by atoms with Crippen molar-refractivity contribution in [2.75, 3.05) is 18.9 Å². The number of hydrogen-bond donors (Lipinski definition) is 1. The number of aromatic nitrogens is 2. The molecule has 0 bridgehead atoms. The van der Waals surface area contributed by atoms with Crippen molar-refractivity contribution in [3.05, 3.63) is 48.3 Å². The van der Waals surface area contributed by atoms with Gasteiger partial charge in [0.1, 0.15) is 0 Å². The van der Waals surface area contributed by atoms with Crippen LogP contribution in [-0.2, 0) is 0 Å². The molecule has 5 heteroatoms. The summed E-state index contributed by atoms with van der Waals surface area (Å²) in [5.74, 6) is 1.24. The second-order valence-electron chi connectivity index (χ2n) is 6.47. The van der Waals surface area contributed by atoms with Gasteiger partial charge in [-0.05, 0) is 43.0 Å². The molecule has 1 aliphatic carbocycles. The van der Waals surface area contributed by atoms with Crippen molar-refractivity contribution in [1.82, 2.24) is 14.9 Å². The van der Waals surface area contributed by atoms with Crippen LogP contribution in [0.25, 0.3) is 0 Å². The third kappa shape index (κ3) is 4.31. The van der Waals surface area contributed by atoms with Crippen LogP contribution in [0.3, 0.4) is 0 Å². The van der Waals surface area contributed by atoms with Gasteiger partial charge in [0.15, 0.2) is 0 Å². The van der Waals surface area contributed by atoms with Crippen molar-refractivity contribution >= 4 is 17.5 Å². The second-order valence-corrected chi connectivity index (χ2v) is 6.47. The first-order valence-electron chi connectivity index (χ1n) is 8.62. The molecular weight excluding hydrogens is 300 g/mol. The fraction of sp³-hybridized carbons (Fsp3) is 0.421. The first kappa shape index (κ1) is 16.4. The number of nitrogens with one attached hydrogen (secondary N) is 1. The van der Waals surface area contributed by atoms with Crippen LogP contribution in [0.2, 0.25) is 0 Å². The molecule has 0 saturated heterocycles. The fourth-order valence-corrected chi connectivity index (χ4v) is 3.28. The van der Waals surface area contributed by atoms with Gasteiger partial charge in [-0.1, -0.05) is 25.3 Å². The van der Waals surface area contributed by atoms with E-state index in [2.05, 4.69) is 15.3 Å². The first-order chi connectivity index (χ1) is 11.7. The topological polar surface area (TPSA) is 58.1 Å². The minimum absolute atomic E-state index is 0.0678. The van der Waals surface area contributed by atoms with E-state index in [-0.39, 0.29) is 5.91 Å². The molecule has 1 amide bonds. The molecule has 0 spiro atoms. The lowest BCUT2D eigenvalue weighted by Crippen LogP contribution is -2.32. The highest BCUT2D eigenvalue weighted by Gasteiger charge is 2.19. The Bertz CT molecular complexity index is 668. The lowest BCUT2D eigenvalue weighted by Gasteiger charge is -2.27. The summed E-state index contributed by atoms with van der Waals surface area (Å²) in [6.45, 7) is 0.846. The summed E-state index contributed by atoms with van der Waals surface area (Å²) >= 11 is 0. The first-order valence-corrected chi connectivity index (χ1v) is 8.62. The third-order valence-electron chi connectivity index (χ3n) is 4.53. The van der Waals surface area contributed by atoms with E-state index in [0.717, 1.165) is 12.2 Å². The highest BCUT2D eigenvalue weighted by atomic mass is 16.2. The Morgan fingerprint density at radius 3 is 2.67 bits per heavy atom. The van der Waals surface area contributed by atoms with Crippen molar-refractivity contribution < 1.29 is 4.79 Å². The van der Waals surface area contributed by atoms with Gasteiger partial charge < -0.3 is 10.2 Å².